The predicted octanol–water partition coefficient (Wildman–Crippen LogP) is 3.78. The number of nitrogens with two attached hydrogens (primary N) is 1. The first kappa shape index (κ1) is 15.9. The van der Waals surface area contributed by atoms with Crippen molar-refractivity contribution >= 4 is 11.6 Å². The highest BCUT2D eigenvalue weighted by Crippen LogP contribution is 2.21. The quantitative estimate of drug-likeness (QED) is 0.752. The number of aromatic nitrogens is 1. The fourth-order valence-corrected chi connectivity index (χ4v) is 2.52. The summed E-state index contributed by atoms with van der Waals surface area (Å²) in [7, 11) is 0. The van der Waals surface area contributed by atoms with Crippen molar-refractivity contribution in [3.8, 4) is 11.1 Å². The van der Waals surface area contributed by atoms with E-state index in [-0.39, 0.29) is 18.4 Å². The Balaban J connectivity index is 1.61. The summed E-state index contributed by atoms with van der Waals surface area (Å²) >= 11 is 0. The topological polar surface area (TPSA) is 68.0 Å². The third-order valence-electron chi connectivity index (χ3n) is 3.82. The summed E-state index contributed by atoms with van der Waals surface area (Å²) in [6.45, 7) is 0. The lowest BCUT2D eigenvalue weighted by Crippen LogP contribution is -2.20. The maximum absolute atomic E-state index is 12.2. The minimum atomic E-state index is -0.303. The Kier molecular flexibility index (Phi) is 4.99. The molecular weight excluding hydrogens is 298 g/mol. The molecular formula is C20H19N3O. The molecule has 4 nitrogen and oxygen atoms in total. The van der Waals surface area contributed by atoms with Crippen LogP contribution in [0.3, 0.4) is 0 Å². The van der Waals surface area contributed by atoms with Crippen molar-refractivity contribution < 1.29 is 4.79 Å². The number of carbonyl (C=O) groups is 1. The molecule has 0 aliphatic carbocycles. The second kappa shape index (κ2) is 7.53. The lowest BCUT2D eigenvalue weighted by molar-refractivity contribution is -0.116. The van der Waals surface area contributed by atoms with E-state index in [1.807, 2.05) is 66.7 Å². The van der Waals surface area contributed by atoms with Crippen LogP contribution >= 0.6 is 0 Å². The molecule has 0 aliphatic heterocycles. The second-order valence-corrected chi connectivity index (χ2v) is 5.58. The average molecular weight is 317 g/mol. The first-order valence-corrected chi connectivity index (χ1v) is 7.83. The minimum absolute atomic E-state index is 0.0944. The molecule has 3 aromatic rings. The number of amides is 1. The molecule has 0 bridgehead atoms. The van der Waals surface area contributed by atoms with E-state index < -0.39 is 0 Å². The summed E-state index contributed by atoms with van der Waals surface area (Å²) in [5, 5.41) is 2.89. The Bertz CT molecular complexity index is 786. The summed E-state index contributed by atoms with van der Waals surface area (Å²) in [5.41, 5.74) is 9.98. The van der Waals surface area contributed by atoms with Crippen molar-refractivity contribution in [3.05, 3.63) is 84.7 Å². The number of anilines is 1. The zero-order chi connectivity index (χ0) is 16.8. The van der Waals surface area contributed by atoms with Gasteiger partial charge >= 0.3 is 0 Å². The van der Waals surface area contributed by atoms with Gasteiger partial charge in [-0.1, -0.05) is 42.5 Å². The first-order chi connectivity index (χ1) is 11.7. The SMILES string of the molecule is NC(CC(=O)Nc1ccc(-c2ccncc2)cc1)c1ccccc1. The number of pyridine rings is 1. The molecule has 24 heavy (non-hydrogen) atoms. The van der Waals surface area contributed by atoms with E-state index in [1.165, 1.54) is 0 Å². The molecule has 1 amide bonds. The van der Waals surface area contributed by atoms with Crippen molar-refractivity contribution in [2.24, 2.45) is 5.73 Å². The summed E-state index contributed by atoms with van der Waals surface area (Å²) < 4.78 is 0. The first-order valence-electron chi connectivity index (χ1n) is 7.83. The summed E-state index contributed by atoms with van der Waals surface area (Å²) in [6, 6.07) is 21.0. The largest absolute Gasteiger partial charge is 0.326 e. The summed E-state index contributed by atoms with van der Waals surface area (Å²) in [5.74, 6) is -0.0944. The molecule has 1 aromatic heterocycles. The van der Waals surface area contributed by atoms with Crippen LogP contribution in [0.5, 0.6) is 0 Å². The monoisotopic (exact) mass is 317 g/mol. The van der Waals surface area contributed by atoms with Crippen LogP contribution in [0.25, 0.3) is 11.1 Å². The third kappa shape index (κ3) is 4.06. The van der Waals surface area contributed by atoms with Crippen LogP contribution in [-0.4, -0.2) is 10.9 Å². The smallest absolute Gasteiger partial charge is 0.226 e. The van der Waals surface area contributed by atoms with Crippen molar-refractivity contribution in [1.29, 1.82) is 0 Å². The highest BCUT2D eigenvalue weighted by molar-refractivity contribution is 5.91. The van der Waals surface area contributed by atoms with E-state index >= 15 is 0 Å². The molecule has 2 aromatic carbocycles. The molecule has 0 fully saturated rings. The van der Waals surface area contributed by atoms with Crippen LogP contribution in [0.4, 0.5) is 5.69 Å². The molecule has 1 heterocycles. The van der Waals surface area contributed by atoms with Crippen LogP contribution in [0, 0.1) is 0 Å². The number of benzene rings is 2. The van der Waals surface area contributed by atoms with E-state index in [4.69, 9.17) is 5.73 Å². The molecule has 0 radical (unpaired) electrons. The van der Waals surface area contributed by atoms with E-state index in [9.17, 15) is 4.79 Å². The van der Waals surface area contributed by atoms with Gasteiger partial charge in [-0.05, 0) is 41.0 Å². The van der Waals surface area contributed by atoms with Gasteiger partial charge < -0.3 is 11.1 Å². The van der Waals surface area contributed by atoms with Gasteiger partial charge in [-0.3, -0.25) is 9.78 Å². The van der Waals surface area contributed by atoms with Gasteiger partial charge in [0.25, 0.3) is 0 Å². The molecule has 4 heteroatoms. The Labute approximate surface area is 141 Å². The van der Waals surface area contributed by atoms with Crippen molar-refractivity contribution in [3.63, 3.8) is 0 Å². The van der Waals surface area contributed by atoms with Gasteiger partial charge in [-0.25, -0.2) is 0 Å². The van der Waals surface area contributed by atoms with E-state index in [0.29, 0.717) is 0 Å². The number of nitrogens with zero attached hydrogens (tertiary/aromatic N) is 1. The number of hydrogen-bond acceptors (Lipinski definition) is 3. The summed E-state index contributed by atoms with van der Waals surface area (Å²) in [4.78, 5) is 16.2. The average Bonchev–Trinajstić information content (AvgIpc) is 2.64. The standard InChI is InChI=1S/C20H19N3O/c21-19(17-4-2-1-3-5-17)14-20(24)23-18-8-6-15(7-9-18)16-10-12-22-13-11-16/h1-13,19H,14,21H2,(H,23,24). The highest BCUT2D eigenvalue weighted by atomic mass is 16.1. The lowest BCUT2D eigenvalue weighted by Gasteiger charge is -2.12. The fourth-order valence-electron chi connectivity index (χ4n) is 2.52. The zero-order valence-corrected chi connectivity index (χ0v) is 13.2. The van der Waals surface area contributed by atoms with Gasteiger partial charge in [-0.15, -0.1) is 0 Å². The molecule has 0 saturated heterocycles. The van der Waals surface area contributed by atoms with Crippen molar-refractivity contribution in [1.82, 2.24) is 4.98 Å². The Morgan fingerprint density at radius 2 is 1.54 bits per heavy atom. The van der Waals surface area contributed by atoms with Crippen LogP contribution in [0.1, 0.15) is 18.0 Å². The van der Waals surface area contributed by atoms with Gasteiger partial charge in [0.2, 0.25) is 5.91 Å². The van der Waals surface area contributed by atoms with E-state index in [1.54, 1.807) is 12.4 Å². The Morgan fingerprint density at radius 3 is 2.21 bits per heavy atom. The lowest BCUT2D eigenvalue weighted by atomic mass is 10.0. The number of rotatable bonds is 5. The summed E-state index contributed by atoms with van der Waals surface area (Å²) in [6.07, 6.45) is 3.77. The van der Waals surface area contributed by atoms with E-state index in [2.05, 4.69) is 10.3 Å². The van der Waals surface area contributed by atoms with Gasteiger partial charge in [0.15, 0.2) is 0 Å². The molecule has 3 rings (SSSR count). The van der Waals surface area contributed by atoms with Crippen molar-refractivity contribution in [2.45, 2.75) is 12.5 Å². The maximum atomic E-state index is 12.2. The zero-order valence-electron chi connectivity index (χ0n) is 13.2. The van der Waals surface area contributed by atoms with Gasteiger partial charge in [0.05, 0.1) is 0 Å². The van der Waals surface area contributed by atoms with E-state index in [0.717, 1.165) is 22.4 Å². The molecule has 1 unspecified atom stereocenters. The van der Waals surface area contributed by atoms with Crippen LogP contribution in [0.15, 0.2) is 79.1 Å². The molecule has 3 N–H and O–H groups in total. The highest BCUT2D eigenvalue weighted by Gasteiger charge is 2.11. The molecule has 0 aliphatic rings. The molecule has 120 valence electrons. The Morgan fingerprint density at radius 1 is 0.917 bits per heavy atom. The Hall–Kier alpha value is -2.98. The van der Waals surface area contributed by atoms with Crippen LogP contribution in [0.2, 0.25) is 0 Å². The van der Waals surface area contributed by atoms with Crippen molar-refractivity contribution in [2.75, 3.05) is 5.32 Å². The fraction of sp³-hybridized carbons (Fsp3) is 0.100. The van der Waals surface area contributed by atoms with Gasteiger partial charge in [-0.2, -0.15) is 0 Å². The number of carbonyl (C=O) groups excluding carboxylic acids is 1. The molecule has 0 saturated carbocycles. The predicted molar refractivity (Wildman–Crippen MR) is 96.3 cm³/mol. The second-order valence-electron chi connectivity index (χ2n) is 5.58. The number of hydrogen-bond donors (Lipinski definition) is 2. The van der Waals surface area contributed by atoms with Gasteiger partial charge in [0, 0.05) is 30.5 Å². The van der Waals surface area contributed by atoms with Crippen LogP contribution in [-0.2, 0) is 4.79 Å². The molecule has 1 atom stereocenters. The third-order valence-corrected chi connectivity index (χ3v) is 3.82. The maximum Gasteiger partial charge on any atom is 0.226 e. The molecule has 0 spiro atoms. The minimum Gasteiger partial charge on any atom is -0.326 e. The number of nitrogens with one attached hydrogen (secondary N) is 1. The normalized spacial score (nSPS) is 11.7. The van der Waals surface area contributed by atoms with Gasteiger partial charge in [0.1, 0.15) is 0 Å². The van der Waals surface area contributed by atoms with Crippen LogP contribution < -0.4 is 11.1 Å².